The first kappa shape index (κ1) is 21.9. The number of nitro benzene ring substituents is 1. The summed E-state index contributed by atoms with van der Waals surface area (Å²) in [6, 6.07) is 13.2. The average Bonchev–Trinajstić information content (AvgIpc) is 2.87. The topological polar surface area (TPSA) is 79.2 Å². The van der Waals surface area contributed by atoms with E-state index in [9.17, 15) is 14.9 Å². The van der Waals surface area contributed by atoms with Crippen molar-refractivity contribution in [2.24, 2.45) is 5.92 Å². The van der Waals surface area contributed by atoms with E-state index < -0.39 is 0 Å². The lowest BCUT2D eigenvalue weighted by Crippen LogP contribution is -2.62. The van der Waals surface area contributed by atoms with Gasteiger partial charge in [0.2, 0.25) is 5.91 Å². The molecule has 3 aliphatic heterocycles. The van der Waals surface area contributed by atoms with Crippen LogP contribution in [0.3, 0.4) is 0 Å². The molecule has 5 rings (SSSR count). The first-order chi connectivity index (χ1) is 16.0. The van der Waals surface area contributed by atoms with Gasteiger partial charge >= 0.3 is 0 Å². The van der Waals surface area contributed by atoms with Crippen LogP contribution in [-0.4, -0.2) is 73.1 Å². The van der Waals surface area contributed by atoms with Crippen LogP contribution >= 0.6 is 11.8 Å². The Morgan fingerprint density at radius 2 is 1.85 bits per heavy atom. The summed E-state index contributed by atoms with van der Waals surface area (Å²) in [5, 5.41) is 11.4. The molecule has 2 aromatic carbocycles. The monoisotopic (exact) mass is 468 g/mol. The molecule has 9 heteroatoms. The zero-order valence-corrected chi connectivity index (χ0v) is 19.5. The molecule has 0 aliphatic carbocycles. The van der Waals surface area contributed by atoms with Crippen LogP contribution in [0.4, 0.5) is 17.1 Å². The largest absolute Gasteiger partial charge is 0.497 e. The Morgan fingerprint density at radius 3 is 2.55 bits per heavy atom. The number of amides is 1. The summed E-state index contributed by atoms with van der Waals surface area (Å²) in [4.78, 5) is 31.3. The normalized spacial score (nSPS) is 22.4. The molecule has 2 fully saturated rings. The van der Waals surface area contributed by atoms with Crippen LogP contribution in [0.1, 0.15) is 5.56 Å². The van der Waals surface area contributed by atoms with E-state index in [2.05, 4.69) is 21.9 Å². The Balaban J connectivity index is 1.47. The zero-order valence-electron chi connectivity index (χ0n) is 18.7. The first-order valence-electron chi connectivity index (χ1n) is 11.3. The fourth-order valence-corrected chi connectivity index (χ4v) is 6.16. The number of hydrogen-bond acceptors (Lipinski definition) is 7. The zero-order chi connectivity index (χ0) is 22.9. The number of nitrogens with zero attached hydrogens (tertiary/aromatic N) is 4. The van der Waals surface area contributed by atoms with Crippen molar-refractivity contribution in [3.8, 4) is 5.75 Å². The third-order valence-corrected chi connectivity index (χ3v) is 7.93. The molecule has 174 valence electrons. The Bertz CT molecular complexity index is 1040. The van der Waals surface area contributed by atoms with Crippen LogP contribution < -0.4 is 14.5 Å². The smallest absolute Gasteiger partial charge is 0.269 e. The van der Waals surface area contributed by atoms with Gasteiger partial charge in [0.05, 0.1) is 24.0 Å². The average molecular weight is 469 g/mol. The lowest BCUT2D eigenvalue weighted by Gasteiger charge is -2.50. The lowest BCUT2D eigenvalue weighted by molar-refractivity contribution is -0.384. The van der Waals surface area contributed by atoms with E-state index in [0.717, 1.165) is 66.9 Å². The molecule has 0 spiro atoms. The molecule has 33 heavy (non-hydrogen) atoms. The molecule has 2 unspecified atom stereocenters. The van der Waals surface area contributed by atoms with Crippen molar-refractivity contribution in [2.45, 2.75) is 12.5 Å². The molecule has 0 radical (unpaired) electrons. The van der Waals surface area contributed by atoms with Gasteiger partial charge in [0.1, 0.15) is 5.75 Å². The van der Waals surface area contributed by atoms with Gasteiger partial charge in [0, 0.05) is 67.7 Å². The van der Waals surface area contributed by atoms with Crippen molar-refractivity contribution in [1.82, 2.24) is 4.90 Å². The van der Waals surface area contributed by atoms with Crippen molar-refractivity contribution >= 4 is 34.7 Å². The first-order valence-corrected chi connectivity index (χ1v) is 12.5. The van der Waals surface area contributed by atoms with Gasteiger partial charge in [-0.2, -0.15) is 11.8 Å². The molecule has 0 N–H and O–H groups in total. The SMILES string of the molecule is COc1ccc(N2CCN3c4ccc([N+](=O)[O-])cc4CC(C(=O)N4CCSCC4)C3C2)cc1. The molecule has 3 heterocycles. The summed E-state index contributed by atoms with van der Waals surface area (Å²) in [5.41, 5.74) is 3.14. The maximum atomic E-state index is 13.7. The molecule has 1 amide bonds. The Hall–Kier alpha value is -2.94. The van der Waals surface area contributed by atoms with Crippen LogP contribution in [0.25, 0.3) is 0 Å². The highest BCUT2D eigenvalue weighted by Crippen LogP contribution is 2.39. The quantitative estimate of drug-likeness (QED) is 0.504. The molecule has 0 saturated carbocycles. The number of fused-ring (bicyclic) bond motifs is 3. The maximum Gasteiger partial charge on any atom is 0.269 e. The lowest BCUT2D eigenvalue weighted by atomic mass is 9.82. The second-order valence-corrected chi connectivity index (χ2v) is 9.95. The van der Waals surface area contributed by atoms with E-state index in [0.29, 0.717) is 6.42 Å². The fraction of sp³-hybridized carbons (Fsp3) is 0.458. The van der Waals surface area contributed by atoms with Crippen molar-refractivity contribution in [3.63, 3.8) is 0 Å². The van der Waals surface area contributed by atoms with E-state index in [1.165, 1.54) is 0 Å². The molecule has 2 atom stereocenters. The highest BCUT2D eigenvalue weighted by molar-refractivity contribution is 7.99. The van der Waals surface area contributed by atoms with E-state index in [1.807, 2.05) is 34.9 Å². The van der Waals surface area contributed by atoms with Crippen molar-refractivity contribution in [3.05, 3.63) is 58.1 Å². The minimum absolute atomic E-state index is 0.0249. The highest BCUT2D eigenvalue weighted by Gasteiger charge is 2.43. The van der Waals surface area contributed by atoms with E-state index in [4.69, 9.17) is 4.74 Å². The van der Waals surface area contributed by atoms with Gasteiger partial charge in [-0.05, 0) is 42.3 Å². The number of ether oxygens (including phenoxy) is 1. The van der Waals surface area contributed by atoms with Gasteiger partial charge < -0.3 is 19.4 Å². The second kappa shape index (κ2) is 9.13. The van der Waals surface area contributed by atoms with E-state index in [-0.39, 0.29) is 28.5 Å². The number of benzene rings is 2. The van der Waals surface area contributed by atoms with E-state index >= 15 is 0 Å². The third-order valence-electron chi connectivity index (χ3n) is 6.98. The number of carbonyl (C=O) groups excluding carboxylic acids is 1. The van der Waals surface area contributed by atoms with Crippen LogP contribution in [0, 0.1) is 16.0 Å². The standard InChI is InChI=1S/C24H28N4O4S/c1-32-20-5-2-18(3-6-20)26-8-9-27-22-7-4-19(28(30)31)14-17(22)15-21(23(27)16-26)24(29)25-10-12-33-13-11-25/h2-7,14,21,23H,8-13,15-16H2,1H3. The number of non-ortho nitro benzene ring substituents is 1. The van der Waals surface area contributed by atoms with Crippen molar-refractivity contribution < 1.29 is 14.5 Å². The van der Waals surface area contributed by atoms with Crippen molar-refractivity contribution in [1.29, 1.82) is 0 Å². The number of carbonyl (C=O) groups is 1. The third kappa shape index (κ3) is 4.21. The molecular weight excluding hydrogens is 440 g/mol. The second-order valence-electron chi connectivity index (χ2n) is 8.72. The predicted octanol–water partition coefficient (Wildman–Crippen LogP) is 3.05. The Labute approximate surface area is 197 Å². The van der Waals surface area contributed by atoms with Gasteiger partial charge in [-0.1, -0.05) is 0 Å². The molecule has 2 aromatic rings. The van der Waals surface area contributed by atoms with Crippen LogP contribution in [0.5, 0.6) is 5.75 Å². The summed E-state index contributed by atoms with van der Waals surface area (Å²) in [6.45, 7) is 3.87. The van der Waals surface area contributed by atoms with Gasteiger partial charge in [-0.25, -0.2) is 0 Å². The number of nitro groups is 1. The molecule has 0 bridgehead atoms. The molecule has 3 aliphatic rings. The summed E-state index contributed by atoms with van der Waals surface area (Å²) in [7, 11) is 1.66. The molecule has 8 nitrogen and oxygen atoms in total. The number of hydrogen-bond donors (Lipinski definition) is 0. The minimum atomic E-state index is -0.354. The highest BCUT2D eigenvalue weighted by atomic mass is 32.2. The summed E-state index contributed by atoms with van der Waals surface area (Å²) in [5.74, 6) is 2.71. The number of anilines is 2. The molecular formula is C24H28N4O4S. The van der Waals surface area contributed by atoms with Gasteiger partial charge in [0.15, 0.2) is 0 Å². The Kier molecular flexibility index (Phi) is 6.05. The molecule has 0 aromatic heterocycles. The number of methoxy groups -OCH3 is 1. The van der Waals surface area contributed by atoms with Gasteiger partial charge in [-0.3, -0.25) is 14.9 Å². The summed E-state index contributed by atoms with van der Waals surface area (Å²) < 4.78 is 5.30. The van der Waals surface area contributed by atoms with Crippen LogP contribution in [0.15, 0.2) is 42.5 Å². The number of rotatable bonds is 4. The van der Waals surface area contributed by atoms with Crippen LogP contribution in [-0.2, 0) is 11.2 Å². The Morgan fingerprint density at radius 1 is 1.09 bits per heavy atom. The van der Waals surface area contributed by atoms with Gasteiger partial charge in [0.25, 0.3) is 5.69 Å². The summed E-state index contributed by atoms with van der Waals surface area (Å²) >= 11 is 1.88. The van der Waals surface area contributed by atoms with Crippen molar-refractivity contribution in [2.75, 3.05) is 61.1 Å². The number of piperazine rings is 1. The van der Waals surface area contributed by atoms with E-state index in [1.54, 1.807) is 19.2 Å². The number of thioether (sulfide) groups is 1. The maximum absolute atomic E-state index is 13.7. The fourth-order valence-electron chi connectivity index (χ4n) is 5.25. The molecule has 2 saturated heterocycles. The summed E-state index contributed by atoms with van der Waals surface area (Å²) in [6.07, 6.45) is 0.539. The van der Waals surface area contributed by atoms with Crippen LogP contribution in [0.2, 0.25) is 0 Å². The minimum Gasteiger partial charge on any atom is -0.497 e. The van der Waals surface area contributed by atoms with Gasteiger partial charge in [-0.15, -0.1) is 0 Å². The predicted molar refractivity (Wildman–Crippen MR) is 131 cm³/mol.